The number of aliphatic imine (C=N–C) groups is 1. The Morgan fingerprint density at radius 1 is 1.07 bits per heavy atom. The van der Waals surface area contributed by atoms with E-state index in [0.29, 0.717) is 27.5 Å². The highest BCUT2D eigenvalue weighted by atomic mass is 35.5. The molecular formula is C30H31ClN6O4S. The smallest absolute Gasteiger partial charge is 0.272 e. The Hall–Kier alpha value is -4.19. The van der Waals surface area contributed by atoms with Crippen LogP contribution >= 0.6 is 24.2 Å². The molecule has 0 fully saturated rings. The van der Waals surface area contributed by atoms with Gasteiger partial charge in [-0.3, -0.25) is 24.1 Å². The largest absolute Gasteiger partial charge is 0.368 e. The Morgan fingerprint density at radius 3 is 2.33 bits per heavy atom. The highest BCUT2D eigenvalue weighted by molar-refractivity contribution is 7.80. The predicted molar refractivity (Wildman–Crippen MR) is 166 cm³/mol. The summed E-state index contributed by atoms with van der Waals surface area (Å²) in [5.41, 5.74) is 14.2. The molecule has 3 aromatic carbocycles. The molecule has 0 spiro atoms. The van der Waals surface area contributed by atoms with Gasteiger partial charge in [0, 0.05) is 35.4 Å². The van der Waals surface area contributed by atoms with Crippen LogP contribution in [0.1, 0.15) is 16.7 Å². The summed E-state index contributed by atoms with van der Waals surface area (Å²) < 4.78 is 0. The van der Waals surface area contributed by atoms with Crippen LogP contribution in [-0.4, -0.2) is 71.8 Å². The van der Waals surface area contributed by atoms with Gasteiger partial charge in [0.2, 0.25) is 23.9 Å². The maximum Gasteiger partial charge on any atom is 0.272 e. The highest BCUT2D eigenvalue weighted by Gasteiger charge is 2.38. The number of carbonyl (C=O) groups is 4. The summed E-state index contributed by atoms with van der Waals surface area (Å²) in [6.45, 7) is -0.485. The van der Waals surface area contributed by atoms with E-state index in [1.165, 1.54) is 11.9 Å². The van der Waals surface area contributed by atoms with Crippen LogP contribution in [0.4, 0.5) is 5.69 Å². The predicted octanol–water partition coefficient (Wildman–Crippen LogP) is 1.78. The van der Waals surface area contributed by atoms with Crippen molar-refractivity contribution in [2.75, 3.05) is 24.2 Å². The zero-order valence-corrected chi connectivity index (χ0v) is 24.5. The van der Waals surface area contributed by atoms with E-state index in [0.717, 1.165) is 10.5 Å². The van der Waals surface area contributed by atoms with E-state index in [-0.39, 0.29) is 12.2 Å². The average Bonchev–Trinajstić information content (AvgIpc) is 3.10. The fourth-order valence-corrected chi connectivity index (χ4v) is 4.92. The molecule has 1 aliphatic heterocycles. The molecule has 0 radical (unpaired) electrons. The molecule has 3 aromatic rings. The van der Waals surface area contributed by atoms with E-state index in [4.69, 9.17) is 28.1 Å². The van der Waals surface area contributed by atoms with Crippen LogP contribution in [0, 0.1) is 0 Å². The molecule has 10 nitrogen and oxygen atoms in total. The summed E-state index contributed by atoms with van der Waals surface area (Å²) in [4.78, 5) is 59.9. The quantitative estimate of drug-likeness (QED) is 0.259. The van der Waals surface area contributed by atoms with Gasteiger partial charge in [0.25, 0.3) is 5.91 Å². The number of halogens is 1. The molecule has 1 aliphatic rings. The van der Waals surface area contributed by atoms with Crippen LogP contribution < -0.4 is 21.7 Å². The van der Waals surface area contributed by atoms with Crippen molar-refractivity contribution in [2.24, 2.45) is 16.5 Å². The number of nitrogens with two attached hydrogens (primary N) is 2. The summed E-state index contributed by atoms with van der Waals surface area (Å²) in [6.07, 6.45) is -1.20. The molecule has 42 heavy (non-hydrogen) atoms. The number of hydrogen-bond acceptors (Lipinski definition) is 7. The lowest BCUT2D eigenvalue weighted by molar-refractivity contribution is -0.138. The minimum atomic E-state index is -1.37. The minimum absolute atomic E-state index is 0.0528. The van der Waals surface area contributed by atoms with Crippen LogP contribution in [0.3, 0.4) is 0 Å². The molecule has 218 valence electrons. The topological polar surface area (TPSA) is 151 Å². The van der Waals surface area contributed by atoms with Gasteiger partial charge in [-0.25, -0.2) is 4.99 Å². The molecule has 2 unspecified atom stereocenters. The number of primary amides is 1. The number of hydrogen-bond donors (Lipinski definition) is 4. The standard InChI is InChI=1S/C30H31ClN6O4S/c1-36(29(40)22(32)17-42)28-30(41)37(16-25(38)34-23(27(33)39)14-18-8-4-2-5-9-18)24-13-12-20(31)15-21(24)26(35-28)19-10-6-3-7-11-19/h2-13,15,22-23,28,42H,14,16-17,32H2,1H3,(H2,33,39)(H,34,38)/t22?,23-,28?/m0/s1. The van der Waals surface area contributed by atoms with Gasteiger partial charge in [0.05, 0.1) is 17.4 Å². The Labute approximate surface area is 254 Å². The Bertz CT molecular complexity index is 1500. The Kier molecular flexibility index (Phi) is 10.00. The summed E-state index contributed by atoms with van der Waals surface area (Å²) in [6, 6.07) is 21.1. The summed E-state index contributed by atoms with van der Waals surface area (Å²) in [5.74, 6) is -2.51. The SMILES string of the molecule is CN(C(=O)C(N)CS)C1N=C(c2ccccc2)c2cc(Cl)ccc2N(CC(=O)N[C@@H](Cc2ccccc2)C(N)=O)C1=O. The first-order chi connectivity index (χ1) is 20.1. The third kappa shape index (κ3) is 6.99. The van der Waals surface area contributed by atoms with Crippen molar-refractivity contribution < 1.29 is 19.2 Å². The van der Waals surface area contributed by atoms with Gasteiger partial charge < -0.3 is 21.7 Å². The third-order valence-electron chi connectivity index (χ3n) is 6.78. The molecule has 0 saturated heterocycles. The van der Waals surface area contributed by atoms with Crippen molar-refractivity contribution in [1.29, 1.82) is 0 Å². The number of nitrogens with zero attached hydrogens (tertiary/aromatic N) is 3. The van der Waals surface area contributed by atoms with Gasteiger partial charge in [0.15, 0.2) is 0 Å². The van der Waals surface area contributed by atoms with Crippen LogP contribution in [0.25, 0.3) is 0 Å². The number of thiol groups is 1. The normalized spacial score (nSPS) is 16.0. The van der Waals surface area contributed by atoms with E-state index in [1.807, 2.05) is 60.7 Å². The molecule has 4 amide bonds. The highest BCUT2D eigenvalue weighted by Crippen LogP contribution is 2.31. The number of fused-ring (bicyclic) bond motifs is 1. The fourth-order valence-electron chi connectivity index (χ4n) is 4.60. The van der Waals surface area contributed by atoms with Crippen LogP contribution in [0.5, 0.6) is 0 Å². The molecule has 12 heteroatoms. The first-order valence-corrected chi connectivity index (χ1v) is 14.1. The number of amides is 4. The van der Waals surface area contributed by atoms with Gasteiger partial charge in [-0.2, -0.15) is 12.6 Å². The Morgan fingerprint density at radius 2 is 1.71 bits per heavy atom. The van der Waals surface area contributed by atoms with Gasteiger partial charge in [0.1, 0.15) is 12.6 Å². The molecule has 0 aromatic heterocycles. The van der Waals surface area contributed by atoms with Crippen molar-refractivity contribution in [3.8, 4) is 0 Å². The molecule has 0 saturated carbocycles. The van der Waals surface area contributed by atoms with Crippen LogP contribution in [0.15, 0.2) is 83.9 Å². The van der Waals surface area contributed by atoms with E-state index in [1.54, 1.807) is 18.2 Å². The summed E-state index contributed by atoms with van der Waals surface area (Å²) in [5, 5.41) is 3.03. The molecule has 5 N–H and O–H groups in total. The number of carbonyl (C=O) groups excluding carboxylic acids is 4. The van der Waals surface area contributed by atoms with E-state index < -0.39 is 48.4 Å². The molecule has 4 rings (SSSR count). The van der Waals surface area contributed by atoms with Gasteiger partial charge in [-0.05, 0) is 23.8 Å². The molecule has 3 atom stereocenters. The zero-order chi connectivity index (χ0) is 30.4. The third-order valence-corrected chi connectivity index (χ3v) is 7.41. The van der Waals surface area contributed by atoms with E-state index in [9.17, 15) is 19.2 Å². The second-order valence-corrected chi connectivity index (χ2v) is 10.6. The summed E-state index contributed by atoms with van der Waals surface area (Å²) >= 11 is 10.5. The second kappa shape index (κ2) is 13.6. The number of benzodiazepines with no additional fused rings is 1. The molecule has 0 bridgehead atoms. The monoisotopic (exact) mass is 606 g/mol. The van der Waals surface area contributed by atoms with E-state index >= 15 is 0 Å². The maximum atomic E-state index is 14.1. The fraction of sp³-hybridized carbons (Fsp3) is 0.233. The average molecular weight is 607 g/mol. The lowest BCUT2D eigenvalue weighted by Crippen LogP contribution is -2.55. The number of benzene rings is 3. The number of nitrogens with one attached hydrogen (secondary N) is 1. The van der Waals surface area contributed by atoms with Crippen LogP contribution in [-0.2, 0) is 25.6 Å². The van der Waals surface area contributed by atoms with Crippen LogP contribution in [0.2, 0.25) is 5.02 Å². The lowest BCUT2D eigenvalue weighted by atomic mass is 10.00. The lowest BCUT2D eigenvalue weighted by Gasteiger charge is -2.30. The van der Waals surface area contributed by atoms with Gasteiger partial charge in [-0.1, -0.05) is 72.3 Å². The number of rotatable bonds is 10. The van der Waals surface area contributed by atoms with Gasteiger partial charge >= 0.3 is 0 Å². The van der Waals surface area contributed by atoms with Crippen molar-refractivity contribution in [1.82, 2.24) is 10.2 Å². The maximum absolute atomic E-state index is 14.1. The van der Waals surface area contributed by atoms with Crippen molar-refractivity contribution in [3.63, 3.8) is 0 Å². The minimum Gasteiger partial charge on any atom is -0.368 e. The summed E-state index contributed by atoms with van der Waals surface area (Å²) in [7, 11) is 1.42. The van der Waals surface area contributed by atoms with Gasteiger partial charge in [-0.15, -0.1) is 0 Å². The zero-order valence-electron chi connectivity index (χ0n) is 22.8. The number of anilines is 1. The Balaban J connectivity index is 1.75. The first-order valence-electron chi connectivity index (χ1n) is 13.1. The van der Waals surface area contributed by atoms with Crippen molar-refractivity contribution in [3.05, 3.63) is 101 Å². The van der Waals surface area contributed by atoms with Crippen molar-refractivity contribution in [2.45, 2.75) is 24.7 Å². The number of likely N-dealkylation sites (N-methyl/N-ethyl adjacent to an activating group) is 1. The molecule has 1 heterocycles. The van der Waals surface area contributed by atoms with Crippen molar-refractivity contribution >= 4 is 59.3 Å². The molecular weight excluding hydrogens is 576 g/mol. The molecule has 0 aliphatic carbocycles. The first kappa shape index (κ1) is 30.8. The second-order valence-electron chi connectivity index (χ2n) is 9.75. The van der Waals surface area contributed by atoms with E-state index in [2.05, 4.69) is 17.9 Å².